The molecule has 1 N–H and O–H groups in total. The lowest BCUT2D eigenvalue weighted by atomic mass is 10.2. The van der Waals surface area contributed by atoms with E-state index in [0.29, 0.717) is 0 Å². The van der Waals surface area contributed by atoms with Crippen molar-refractivity contribution in [1.82, 2.24) is 24.7 Å². The fraction of sp³-hybridized carbons (Fsp3) is 0.733. The molecular formula is C15H27N5OS. The van der Waals surface area contributed by atoms with E-state index in [0.717, 1.165) is 51.0 Å². The van der Waals surface area contributed by atoms with E-state index >= 15 is 0 Å². The average Bonchev–Trinajstić information content (AvgIpc) is 2.49. The standard InChI is InChI=1S/C15H27N5OS/c1-18(2)11-14(21)12-20-6-4-19(5-7-20)10-13-8-16-15(22-3)17-9-13/h8-9,14,21H,4-7,10-12H2,1-3H3/t14-/m0/s1. The largest absolute Gasteiger partial charge is 0.390 e. The van der Waals surface area contributed by atoms with E-state index in [2.05, 4.69) is 19.8 Å². The molecule has 124 valence electrons. The summed E-state index contributed by atoms with van der Waals surface area (Å²) in [6.07, 6.45) is 5.56. The monoisotopic (exact) mass is 325 g/mol. The minimum Gasteiger partial charge on any atom is -0.390 e. The Morgan fingerprint density at radius 1 is 1.18 bits per heavy atom. The second kappa shape index (κ2) is 8.79. The van der Waals surface area contributed by atoms with Crippen LogP contribution < -0.4 is 0 Å². The van der Waals surface area contributed by atoms with Crippen molar-refractivity contribution in [1.29, 1.82) is 0 Å². The van der Waals surface area contributed by atoms with E-state index in [9.17, 15) is 5.11 Å². The van der Waals surface area contributed by atoms with E-state index in [-0.39, 0.29) is 6.10 Å². The molecular weight excluding hydrogens is 298 g/mol. The van der Waals surface area contributed by atoms with Gasteiger partial charge in [0.2, 0.25) is 0 Å². The van der Waals surface area contributed by atoms with E-state index in [1.807, 2.05) is 37.6 Å². The molecule has 1 aromatic rings. The van der Waals surface area contributed by atoms with Gasteiger partial charge in [0.15, 0.2) is 5.16 Å². The van der Waals surface area contributed by atoms with Gasteiger partial charge in [-0.25, -0.2) is 9.97 Å². The molecule has 2 heterocycles. The Labute approximate surface area is 137 Å². The molecule has 0 spiro atoms. The highest BCUT2D eigenvalue weighted by Gasteiger charge is 2.19. The van der Waals surface area contributed by atoms with Gasteiger partial charge in [-0.15, -0.1) is 0 Å². The maximum Gasteiger partial charge on any atom is 0.187 e. The Morgan fingerprint density at radius 2 is 1.77 bits per heavy atom. The third-order valence-electron chi connectivity index (χ3n) is 3.78. The SMILES string of the molecule is CSc1ncc(CN2CCN(C[C@@H](O)CN(C)C)CC2)cn1. The molecule has 0 aliphatic carbocycles. The van der Waals surface area contributed by atoms with Gasteiger partial charge in [0.05, 0.1) is 6.10 Å². The zero-order valence-electron chi connectivity index (χ0n) is 13.8. The lowest BCUT2D eigenvalue weighted by Gasteiger charge is -2.35. The number of rotatable bonds is 7. The number of hydrogen-bond donors (Lipinski definition) is 1. The maximum atomic E-state index is 10.0. The van der Waals surface area contributed by atoms with Gasteiger partial charge in [-0.2, -0.15) is 0 Å². The van der Waals surface area contributed by atoms with Crippen LogP contribution in [-0.2, 0) is 6.54 Å². The van der Waals surface area contributed by atoms with Crippen molar-refractivity contribution >= 4 is 11.8 Å². The number of aliphatic hydroxyl groups is 1. The van der Waals surface area contributed by atoms with Crippen molar-refractivity contribution in [2.24, 2.45) is 0 Å². The molecule has 0 aromatic carbocycles. The minimum atomic E-state index is -0.269. The molecule has 22 heavy (non-hydrogen) atoms. The van der Waals surface area contributed by atoms with Crippen LogP contribution in [0.15, 0.2) is 17.6 Å². The highest BCUT2D eigenvalue weighted by Crippen LogP contribution is 2.11. The zero-order chi connectivity index (χ0) is 15.9. The van der Waals surface area contributed by atoms with Crippen LogP contribution in [0.3, 0.4) is 0 Å². The Hall–Kier alpha value is -0.730. The highest BCUT2D eigenvalue weighted by molar-refractivity contribution is 7.98. The fourth-order valence-corrected chi connectivity index (χ4v) is 3.01. The Balaban J connectivity index is 1.72. The van der Waals surface area contributed by atoms with Gasteiger partial charge in [-0.1, -0.05) is 11.8 Å². The van der Waals surface area contributed by atoms with Gasteiger partial charge in [-0.05, 0) is 20.4 Å². The molecule has 0 bridgehead atoms. The first-order chi connectivity index (χ1) is 10.6. The maximum absolute atomic E-state index is 10.0. The summed E-state index contributed by atoms with van der Waals surface area (Å²) in [7, 11) is 3.98. The molecule has 0 saturated carbocycles. The van der Waals surface area contributed by atoms with Crippen LogP contribution in [0.4, 0.5) is 0 Å². The number of hydrogen-bond acceptors (Lipinski definition) is 7. The molecule has 2 rings (SSSR count). The summed E-state index contributed by atoms with van der Waals surface area (Å²) in [6.45, 7) is 6.46. The summed E-state index contributed by atoms with van der Waals surface area (Å²) >= 11 is 1.56. The predicted molar refractivity (Wildman–Crippen MR) is 90.1 cm³/mol. The summed E-state index contributed by atoms with van der Waals surface area (Å²) in [5, 5.41) is 10.8. The molecule has 0 radical (unpaired) electrons. The smallest absolute Gasteiger partial charge is 0.187 e. The molecule has 6 nitrogen and oxygen atoms in total. The molecule has 1 aliphatic rings. The second-order valence-corrected chi connectivity index (χ2v) is 6.84. The predicted octanol–water partition coefficient (Wildman–Crippen LogP) is 0.239. The molecule has 1 saturated heterocycles. The van der Waals surface area contributed by atoms with Gasteiger partial charge in [-0.3, -0.25) is 9.80 Å². The van der Waals surface area contributed by atoms with Crippen LogP contribution in [0.2, 0.25) is 0 Å². The third kappa shape index (κ3) is 5.81. The summed E-state index contributed by atoms with van der Waals surface area (Å²) < 4.78 is 0. The van der Waals surface area contributed by atoms with Crippen LogP contribution in [0, 0.1) is 0 Å². The average molecular weight is 325 g/mol. The molecule has 0 amide bonds. The molecule has 1 aliphatic heterocycles. The lowest BCUT2D eigenvalue weighted by Crippen LogP contribution is -2.49. The van der Waals surface area contributed by atoms with E-state index in [4.69, 9.17) is 0 Å². The van der Waals surface area contributed by atoms with Crippen molar-refractivity contribution in [2.75, 3.05) is 59.6 Å². The number of nitrogens with zero attached hydrogens (tertiary/aromatic N) is 5. The number of piperazine rings is 1. The third-order valence-corrected chi connectivity index (χ3v) is 4.36. The number of aromatic nitrogens is 2. The normalized spacial score (nSPS) is 18.8. The summed E-state index contributed by atoms with van der Waals surface area (Å²) in [5.41, 5.74) is 1.17. The quantitative estimate of drug-likeness (QED) is 0.569. The Kier molecular flexibility index (Phi) is 7.04. The Morgan fingerprint density at radius 3 is 2.32 bits per heavy atom. The van der Waals surface area contributed by atoms with Crippen LogP contribution in [0.1, 0.15) is 5.56 Å². The number of likely N-dealkylation sites (N-methyl/N-ethyl adjacent to an activating group) is 1. The zero-order valence-corrected chi connectivity index (χ0v) is 14.6. The summed E-state index contributed by atoms with van der Waals surface area (Å²) in [5.74, 6) is 0. The summed E-state index contributed by atoms with van der Waals surface area (Å²) in [4.78, 5) is 15.4. The van der Waals surface area contributed by atoms with Crippen molar-refractivity contribution in [3.05, 3.63) is 18.0 Å². The van der Waals surface area contributed by atoms with Crippen molar-refractivity contribution in [3.63, 3.8) is 0 Å². The molecule has 7 heteroatoms. The van der Waals surface area contributed by atoms with Crippen molar-refractivity contribution in [3.8, 4) is 0 Å². The number of aliphatic hydroxyl groups excluding tert-OH is 1. The first-order valence-corrected chi connectivity index (χ1v) is 8.91. The fourth-order valence-electron chi connectivity index (χ4n) is 2.70. The van der Waals surface area contributed by atoms with Gasteiger partial charge in [0.25, 0.3) is 0 Å². The van der Waals surface area contributed by atoms with Crippen LogP contribution in [0.5, 0.6) is 0 Å². The number of thioether (sulfide) groups is 1. The summed E-state index contributed by atoms with van der Waals surface area (Å²) in [6, 6.07) is 0. The van der Waals surface area contributed by atoms with E-state index in [1.54, 1.807) is 11.8 Å². The van der Waals surface area contributed by atoms with Crippen LogP contribution in [-0.4, -0.2) is 95.5 Å². The van der Waals surface area contributed by atoms with E-state index < -0.39 is 0 Å². The van der Waals surface area contributed by atoms with Gasteiger partial charge < -0.3 is 10.0 Å². The Bertz CT molecular complexity index is 434. The van der Waals surface area contributed by atoms with E-state index in [1.165, 1.54) is 5.56 Å². The topological polar surface area (TPSA) is 55.7 Å². The first-order valence-electron chi connectivity index (χ1n) is 7.69. The molecule has 1 atom stereocenters. The molecule has 0 unspecified atom stereocenters. The van der Waals surface area contributed by atoms with Gasteiger partial charge in [0, 0.05) is 63.8 Å². The van der Waals surface area contributed by atoms with Crippen LogP contribution >= 0.6 is 11.8 Å². The highest BCUT2D eigenvalue weighted by atomic mass is 32.2. The van der Waals surface area contributed by atoms with Crippen LogP contribution in [0.25, 0.3) is 0 Å². The number of β-amino-alcohol motifs (C(OH)–C–C–N with tert-alkyl or cyclic N) is 1. The van der Waals surface area contributed by atoms with Crippen molar-refractivity contribution < 1.29 is 5.11 Å². The molecule has 1 fully saturated rings. The first kappa shape index (κ1) is 17.6. The minimum absolute atomic E-state index is 0.269. The lowest BCUT2D eigenvalue weighted by molar-refractivity contribution is 0.0575. The van der Waals surface area contributed by atoms with Gasteiger partial charge >= 0.3 is 0 Å². The molecule has 1 aromatic heterocycles. The van der Waals surface area contributed by atoms with Crippen molar-refractivity contribution in [2.45, 2.75) is 17.8 Å². The van der Waals surface area contributed by atoms with Gasteiger partial charge in [0.1, 0.15) is 0 Å². The second-order valence-electron chi connectivity index (χ2n) is 6.07.